The summed E-state index contributed by atoms with van der Waals surface area (Å²) in [5.74, 6) is 0.847. The summed E-state index contributed by atoms with van der Waals surface area (Å²) >= 11 is 0. The summed E-state index contributed by atoms with van der Waals surface area (Å²) in [6, 6.07) is 5.95. The Morgan fingerprint density at radius 1 is 1.25 bits per heavy atom. The van der Waals surface area contributed by atoms with Crippen molar-refractivity contribution >= 4 is 18.3 Å². The van der Waals surface area contributed by atoms with Gasteiger partial charge in [-0.3, -0.25) is 4.79 Å². The van der Waals surface area contributed by atoms with Crippen molar-refractivity contribution in [1.29, 1.82) is 0 Å². The summed E-state index contributed by atoms with van der Waals surface area (Å²) in [4.78, 5) is 11.5. The van der Waals surface area contributed by atoms with Crippen LogP contribution in [0.2, 0.25) is 0 Å². The van der Waals surface area contributed by atoms with Crippen LogP contribution >= 0.6 is 12.4 Å². The second kappa shape index (κ2) is 10.5. The number of carbonyl (C=O) groups excluding carboxylic acids is 1. The van der Waals surface area contributed by atoms with Crippen molar-refractivity contribution in [1.82, 2.24) is 5.32 Å². The van der Waals surface area contributed by atoms with Crippen LogP contribution in [0, 0.1) is 13.8 Å². The van der Waals surface area contributed by atoms with Gasteiger partial charge in [0.05, 0.1) is 13.0 Å². The molecule has 1 amide bonds. The Morgan fingerprint density at radius 2 is 2.00 bits per heavy atom. The zero-order chi connectivity index (χ0) is 14.1. The molecule has 0 aromatic heterocycles. The number of aryl methyl sites for hydroxylation is 2. The summed E-state index contributed by atoms with van der Waals surface area (Å²) in [5.41, 5.74) is 7.82. The summed E-state index contributed by atoms with van der Waals surface area (Å²) in [6.45, 7) is 5.89. The first-order valence-electron chi connectivity index (χ1n) is 6.80. The molecule has 0 aliphatic heterocycles. The van der Waals surface area contributed by atoms with E-state index in [1.165, 1.54) is 11.1 Å². The topological polar surface area (TPSA) is 64.3 Å². The minimum Gasteiger partial charge on any atom is -0.493 e. The van der Waals surface area contributed by atoms with Crippen molar-refractivity contribution in [2.24, 2.45) is 5.73 Å². The third-order valence-corrected chi connectivity index (χ3v) is 3.03. The van der Waals surface area contributed by atoms with Crippen molar-refractivity contribution in [3.63, 3.8) is 0 Å². The normalized spacial score (nSPS) is 9.75. The molecule has 0 aliphatic carbocycles. The number of nitrogens with one attached hydrogen (secondary N) is 1. The molecule has 4 nitrogen and oxygen atoms in total. The third kappa shape index (κ3) is 7.36. The number of unbranched alkanes of at least 4 members (excludes halogenated alkanes) is 1. The molecule has 0 bridgehead atoms. The van der Waals surface area contributed by atoms with Crippen LogP contribution in [0.1, 0.15) is 30.4 Å². The van der Waals surface area contributed by atoms with Gasteiger partial charge < -0.3 is 15.8 Å². The van der Waals surface area contributed by atoms with Crippen LogP contribution < -0.4 is 15.8 Å². The van der Waals surface area contributed by atoms with Crippen molar-refractivity contribution in [2.75, 3.05) is 19.7 Å². The number of hydrogen-bond acceptors (Lipinski definition) is 3. The van der Waals surface area contributed by atoms with Crippen molar-refractivity contribution in [3.05, 3.63) is 29.3 Å². The van der Waals surface area contributed by atoms with E-state index < -0.39 is 0 Å². The van der Waals surface area contributed by atoms with Gasteiger partial charge >= 0.3 is 0 Å². The van der Waals surface area contributed by atoms with Gasteiger partial charge in [-0.2, -0.15) is 0 Å². The largest absolute Gasteiger partial charge is 0.493 e. The van der Waals surface area contributed by atoms with Gasteiger partial charge in [-0.15, -0.1) is 12.4 Å². The Bertz CT molecular complexity index is 411. The molecule has 1 aromatic carbocycles. The van der Waals surface area contributed by atoms with Crippen LogP contribution in [-0.4, -0.2) is 25.6 Å². The lowest BCUT2D eigenvalue weighted by Gasteiger charge is -2.08. The first-order valence-corrected chi connectivity index (χ1v) is 6.80. The van der Waals surface area contributed by atoms with Gasteiger partial charge in [-0.05, 0) is 56.5 Å². The Balaban J connectivity index is 0.00000361. The fourth-order valence-corrected chi connectivity index (χ4v) is 1.65. The lowest BCUT2D eigenvalue weighted by molar-refractivity contribution is -0.121. The predicted octanol–water partition coefficient (Wildman–Crippen LogP) is 2.35. The Morgan fingerprint density at radius 3 is 2.65 bits per heavy atom. The molecule has 114 valence electrons. The standard InChI is InChI=1S/C15H24N2O2.ClH/c1-12-5-6-14(11-13(12)2)19-10-7-15(18)17-9-4-3-8-16;/h5-6,11H,3-4,7-10,16H2,1-2H3,(H,17,18);1H. The molecule has 0 saturated heterocycles. The van der Waals surface area contributed by atoms with Gasteiger partial charge in [0.2, 0.25) is 5.91 Å². The number of rotatable bonds is 8. The summed E-state index contributed by atoms with van der Waals surface area (Å²) in [5, 5.41) is 2.85. The zero-order valence-electron chi connectivity index (χ0n) is 12.3. The first-order chi connectivity index (χ1) is 9.13. The van der Waals surface area contributed by atoms with E-state index in [0.717, 1.165) is 18.6 Å². The van der Waals surface area contributed by atoms with Gasteiger partial charge in [0.15, 0.2) is 0 Å². The van der Waals surface area contributed by atoms with Crippen molar-refractivity contribution in [2.45, 2.75) is 33.1 Å². The predicted molar refractivity (Wildman–Crippen MR) is 84.6 cm³/mol. The van der Waals surface area contributed by atoms with Gasteiger partial charge in [-0.25, -0.2) is 0 Å². The van der Waals surface area contributed by atoms with E-state index >= 15 is 0 Å². The van der Waals surface area contributed by atoms with Crippen molar-refractivity contribution < 1.29 is 9.53 Å². The van der Waals surface area contributed by atoms with Gasteiger partial charge in [0.1, 0.15) is 5.75 Å². The Hall–Kier alpha value is -1.26. The lowest BCUT2D eigenvalue weighted by atomic mass is 10.1. The number of ether oxygens (including phenoxy) is 1. The minimum absolute atomic E-state index is 0. The lowest BCUT2D eigenvalue weighted by Crippen LogP contribution is -2.26. The fourth-order valence-electron chi connectivity index (χ4n) is 1.65. The second-order valence-corrected chi connectivity index (χ2v) is 4.69. The molecular formula is C15H25ClN2O2. The van der Waals surface area contributed by atoms with Gasteiger partial charge in [-0.1, -0.05) is 6.07 Å². The summed E-state index contributed by atoms with van der Waals surface area (Å²) < 4.78 is 5.56. The van der Waals surface area contributed by atoms with E-state index in [4.69, 9.17) is 10.5 Å². The highest BCUT2D eigenvalue weighted by Gasteiger charge is 2.02. The molecule has 0 unspecified atom stereocenters. The summed E-state index contributed by atoms with van der Waals surface area (Å²) in [6.07, 6.45) is 2.26. The van der Waals surface area contributed by atoms with E-state index in [2.05, 4.69) is 12.2 Å². The average Bonchev–Trinajstić information content (AvgIpc) is 2.39. The Labute approximate surface area is 127 Å². The van der Waals surface area contributed by atoms with Crippen LogP contribution in [0.15, 0.2) is 18.2 Å². The van der Waals surface area contributed by atoms with Crippen LogP contribution in [-0.2, 0) is 4.79 Å². The van der Waals surface area contributed by atoms with E-state index in [1.807, 2.05) is 25.1 Å². The molecule has 0 aliphatic rings. The molecule has 0 spiro atoms. The molecule has 0 atom stereocenters. The first kappa shape index (κ1) is 18.7. The van der Waals surface area contributed by atoms with E-state index in [1.54, 1.807) is 0 Å². The van der Waals surface area contributed by atoms with E-state index in [9.17, 15) is 4.79 Å². The molecule has 0 heterocycles. The number of carbonyl (C=O) groups is 1. The van der Waals surface area contributed by atoms with E-state index in [-0.39, 0.29) is 18.3 Å². The monoisotopic (exact) mass is 300 g/mol. The second-order valence-electron chi connectivity index (χ2n) is 4.69. The number of nitrogens with two attached hydrogens (primary N) is 1. The molecule has 0 fully saturated rings. The fraction of sp³-hybridized carbons (Fsp3) is 0.533. The average molecular weight is 301 g/mol. The molecule has 0 radical (unpaired) electrons. The molecular weight excluding hydrogens is 276 g/mol. The summed E-state index contributed by atoms with van der Waals surface area (Å²) in [7, 11) is 0. The molecule has 0 saturated carbocycles. The highest BCUT2D eigenvalue weighted by atomic mass is 35.5. The maximum absolute atomic E-state index is 11.5. The van der Waals surface area contributed by atoms with Gasteiger partial charge in [0.25, 0.3) is 0 Å². The SMILES string of the molecule is Cc1ccc(OCCC(=O)NCCCCN)cc1C.Cl. The van der Waals surface area contributed by atoms with Crippen LogP contribution in [0.3, 0.4) is 0 Å². The molecule has 3 N–H and O–H groups in total. The quantitative estimate of drug-likeness (QED) is 0.724. The maximum Gasteiger partial charge on any atom is 0.223 e. The minimum atomic E-state index is 0. The zero-order valence-corrected chi connectivity index (χ0v) is 13.1. The van der Waals surface area contributed by atoms with Crippen LogP contribution in [0.5, 0.6) is 5.75 Å². The molecule has 1 aromatic rings. The number of amides is 1. The van der Waals surface area contributed by atoms with Gasteiger partial charge in [0, 0.05) is 6.54 Å². The molecule has 20 heavy (non-hydrogen) atoms. The number of benzene rings is 1. The highest BCUT2D eigenvalue weighted by molar-refractivity contribution is 5.85. The highest BCUT2D eigenvalue weighted by Crippen LogP contribution is 2.16. The maximum atomic E-state index is 11.5. The molecule has 5 heteroatoms. The third-order valence-electron chi connectivity index (χ3n) is 3.03. The molecule has 1 rings (SSSR count). The smallest absolute Gasteiger partial charge is 0.223 e. The van der Waals surface area contributed by atoms with E-state index in [0.29, 0.717) is 26.1 Å². The van der Waals surface area contributed by atoms with Crippen LogP contribution in [0.25, 0.3) is 0 Å². The van der Waals surface area contributed by atoms with Crippen molar-refractivity contribution in [3.8, 4) is 5.75 Å². The number of halogens is 1. The number of hydrogen-bond donors (Lipinski definition) is 2. The van der Waals surface area contributed by atoms with Crippen LogP contribution in [0.4, 0.5) is 0 Å². The Kier molecular flexibility index (Phi) is 9.86.